The fourth-order valence-electron chi connectivity index (χ4n) is 3.32. The van der Waals surface area contributed by atoms with Gasteiger partial charge in [0.2, 0.25) is 11.7 Å². The molecular weight excluding hydrogens is 436 g/mol. The van der Waals surface area contributed by atoms with E-state index >= 15 is 0 Å². The predicted octanol–water partition coefficient (Wildman–Crippen LogP) is 4.57. The van der Waals surface area contributed by atoms with Crippen LogP contribution in [0.5, 0.6) is 17.2 Å². The number of aryl methyl sites for hydroxylation is 1. The molecule has 3 aromatic heterocycles. The van der Waals surface area contributed by atoms with E-state index in [0.29, 0.717) is 52.0 Å². The third-order valence-corrected chi connectivity index (χ3v) is 5.04. The number of carbonyl (C=O) groups excluding carboxylic acids is 1. The van der Waals surface area contributed by atoms with Gasteiger partial charge in [0.1, 0.15) is 22.9 Å². The van der Waals surface area contributed by atoms with Crippen LogP contribution in [0.3, 0.4) is 0 Å². The number of carbonyl (C=O) groups is 1. The van der Waals surface area contributed by atoms with Crippen molar-refractivity contribution in [1.82, 2.24) is 24.9 Å². The summed E-state index contributed by atoms with van der Waals surface area (Å²) >= 11 is 0. The highest BCUT2D eigenvalue weighted by atomic mass is 16.5. The second-order valence-electron chi connectivity index (χ2n) is 8.40. The Morgan fingerprint density at radius 3 is 2.65 bits per heavy atom. The lowest BCUT2D eigenvalue weighted by Crippen LogP contribution is -2.13. The van der Waals surface area contributed by atoms with Gasteiger partial charge < -0.3 is 19.3 Å². The number of hydrogen-bond donors (Lipinski definition) is 1. The van der Waals surface area contributed by atoms with Crippen LogP contribution in [-0.2, 0) is 7.05 Å². The second kappa shape index (κ2) is 8.97. The lowest BCUT2D eigenvalue weighted by molar-refractivity contribution is 0.102. The van der Waals surface area contributed by atoms with E-state index in [9.17, 15) is 4.79 Å². The molecule has 0 bridgehead atoms. The van der Waals surface area contributed by atoms with Crippen LogP contribution in [0, 0.1) is 0 Å². The van der Waals surface area contributed by atoms with Gasteiger partial charge in [-0.25, -0.2) is 4.98 Å². The molecule has 1 aliphatic carbocycles. The van der Waals surface area contributed by atoms with Crippen LogP contribution in [0.1, 0.15) is 48.9 Å². The van der Waals surface area contributed by atoms with E-state index in [1.807, 2.05) is 13.8 Å². The summed E-state index contributed by atoms with van der Waals surface area (Å²) in [5.41, 5.74) is 0.970. The molecule has 1 fully saturated rings. The maximum atomic E-state index is 12.8. The molecule has 0 saturated heterocycles. The maximum absolute atomic E-state index is 12.8. The number of anilines is 1. The van der Waals surface area contributed by atoms with E-state index in [2.05, 4.69) is 25.5 Å². The van der Waals surface area contributed by atoms with E-state index in [1.54, 1.807) is 60.5 Å². The van der Waals surface area contributed by atoms with E-state index < -0.39 is 0 Å². The number of aromatic nitrogens is 5. The number of nitrogens with zero attached hydrogens (tertiary/aromatic N) is 5. The SMILES string of the molecule is CC(C)Oc1cc(Oc2ccc(-c3noc(C4CC4)n3)nc2)cc(C(=O)Nc2ccn(C)n2)c1. The largest absolute Gasteiger partial charge is 0.491 e. The zero-order chi connectivity index (χ0) is 23.7. The summed E-state index contributed by atoms with van der Waals surface area (Å²) in [6.45, 7) is 3.83. The topological polar surface area (TPSA) is 117 Å². The lowest BCUT2D eigenvalue weighted by atomic mass is 10.2. The van der Waals surface area contributed by atoms with Crippen LogP contribution in [0.15, 0.2) is 53.3 Å². The van der Waals surface area contributed by atoms with Gasteiger partial charge in [-0.2, -0.15) is 10.1 Å². The molecule has 1 aliphatic rings. The molecule has 0 unspecified atom stereocenters. The van der Waals surface area contributed by atoms with E-state index in [0.717, 1.165) is 12.8 Å². The number of hydrogen-bond acceptors (Lipinski definition) is 8. The molecule has 34 heavy (non-hydrogen) atoms. The third kappa shape index (κ3) is 5.06. The van der Waals surface area contributed by atoms with Gasteiger partial charge in [-0.05, 0) is 51.0 Å². The minimum Gasteiger partial charge on any atom is -0.491 e. The van der Waals surface area contributed by atoms with Gasteiger partial charge in [0.05, 0.1) is 12.3 Å². The Morgan fingerprint density at radius 2 is 1.97 bits per heavy atom. The summed E-state index contributed by atoms with van der Waals surface area (Å²) in [5.74, 6) is 3.08. The predicted molar refractivity (Wildman–Crippen MR) is 123 cm³/mol. The number of pyridine rings is 1. The van der Waals surface area contributed by atoms with Gasteiger partial charge in [0.25, 0.3) is 5.91 Å². The average molecular weight is 460 g/mol. The monoisotopic (exact) mass is 460 g/mol. The average Bonchev–Trinajstić information content (AvgIpc) is 3.39. The van der Waals surface area contributed by atoms with Crippen molar-refractivity contribution in [2.45, 2.75) is 38.7 Å². The van der Waals surface area contributed by atoms with Crippen molar-refractivity contribution >= 4 is 11.7 Å². The third-order valence-electron chi connectivity index (χ3n) is 5.04. The smallest absolute Gasteiger partial charge is 0.257 e. The summed E-state index contributed by atoms with van der Waals surface area (Å²) < 4.78 is 18.7. The van der Waals surface area contributed by atoms with E-state index in [-0.39, 0.29) is 12.0 Å². The van der Waals surface area contributed by atoms with Gasteiger partial charge in [0, 0.05) is 36.9 Å². The molecule has 4 aromatic rings. The Bertz CT molecular complexity index is 1310. The van der Waals surface area contributed by atoms with Crippen LogP contribution in [0.2, 0.25) is 0 Å². The minimum absolute atomic E-state index is 0.0709. The number of nitrogens with one attached hydrogen (secondary N) is 1. The van der Waals surface area contributed by atoms with E-state index in [4.69, 9.17) is 14.0 Å². The van der Waals surface area contributed by atoms with Gasteiger partial charge in [0.15, 0.2) is 5.82 Å². The van der Waals surface area contributed by atoms with Crippen LogP contribution < -0.4 is 14.8 Å². The molecule has 10 nitrogen and oxygen atoms in total. The molecule has 10 heteroatoms. The number of rotatable bonds is 8. The second-order valence-corrected chi connectivity index (χ2v) is 8.40. The Labute approximate surface area is 195 Å². The normalized spacial score (nSPS) is 13.2. The molecular formula is C24H24N6O4. The van der Waals surface area contributed by atoms with Crippen LogP contribution >= 0.6 is 0 Å². The molecule has 1 N–H and O–H groups in total. The maximum Gasteiger partial charge on any atom is 0.257 e. The molecule has 1 saturated carbocycles. The molecule has 174 valence electrons. The van der Waals surface area contributed by atoms with Crippen molar-refractivity contribution in [3.63, 3.8) is 0 Å². The Hall–Kier alpha value is -4.21. The fourth-order valence-corrected chi connectivity index (χ4v) is 3.32. The Morgan fingerprint density at radius 1 is 1.15 bits per heavy atom. The summed E-state index contributed by atoms with van der Waals surface area (Å²) in [6.07, 6.45) is 5.43. The Balaban J connectivity index is 1.35. The first-order valence-electron chi connectivity index (χ1n) is 11.0. The van der Waals surface area contributed by atoms with Gasteiger partial charge in [-0.1, -0.05) is 5.16 Å². The van der Waals surface area contributed by atoms with Crippen LogP contribution in [0.4, 0.5) is 5.82 Å². The first kappa shape index (κ1) is 21.6. The summed E-state index contributed by atoms with van der Waals surface area (Å²) in [6, 6.07) is 10.3. The van der Waals surface area contributed by atoms with Crippen molar-refractivity contribution in [2.75, 3.05) is 5.32 Å². The Kier molecular flexibility index (Phi) is 5.70. The molecule has 5 rings (SSSR count). The highest BCUT2D eigenvalue weighted by Gasteiger charge is 2.30. The summed E-state index contributed by atoms with van der Waals surface area (Å²) in [5, 5.41) is 11.0. The van der Waals surface area contributed by atoms with Crippen molar-refractivity contribution < 1.29 is 18.8 Å². The molecule has 0 radical (unpaired) electrons. The van der Waals surface area contributed by atoms with Gasteiger partial charge in [-0.3, -0.25) is 9.48 Å². The van der Waals surface area contributed by atoms with E-state index in [1.165, 1.54) is 0 Å². The zero-order valence-corrected chi connectivity index (χ0v) is 19.1. The van der Waals surface area contributed by atoms with Crippen molar-refractivity contribution in [3.05, 3.63) is 60.2 Å². The zero-order valence-electron chi connectivity index (χ0n) is 19.1. The van der Waals surface area contributed by atoms with Gasteiger partial charge in [-0.15, -0.1) is 0 Å². The molecule has 0 atom stereocenters. The molecule has 0 aliphatic heterocycles. The lowest BCUT2D eigenvalue weighted by Gasteiger charge is -2.14. The number of ether oxygens (including phenoxy) is 2. The first-order chi connectivity index (χ1) is 16.4. The molecule has 1 amide bonds. The number of amides is 1. The first-order valence-corrected chi connectivity index (χ1v) is 11.0. The molecule has 3 heterocycles. The van der Waals surface area contributed by atoms with Crippen molar-refractivity contribution in [2.24, 2.45) is 7.05 Å². The van der Waals surface area contributed by atoms with Crippen LogP contribution in [-0.4, -0.2) is 36.9 Å². The number of benzene rings is 1. The standard InChI is InChI=1S/C24H24N6O4/c1-14(2)32-18-10-16(23(31)26-21-8-9-30(3)28-21)11-19(12-18)33-17-6-7-20(25-13-17)22-27-24(34-29-22)15-4-5-15/h6-15H,4-5H2,1-3H3,(H,26,28,31). The molecule has 1 aromatic carbocycles. The highest BCUT2D eigenvalue weighted by Crippen LogP contribution is 2.39. The fraction of sp³-hybridized carbons (Fsp3) is 0.292. The quantitative estimate of drug-likeness (QED) is 0.406. The minimum atomic E-state index is -0.324. The summed E-state index contributed by atoms with van der Waals surface area (Å²) in [7, 11) is 1.78. The highest BCUT2D eigenvalue weighted by molar-refractivity contribution is 6.04. The van der Waals surface area contributed by atoms with Gasteiger partial charge >= 0.3 is 0 Å². The van der Waals surface area contributed by atoms with Crippen molar-refractivity contribution in [1.29, 1.82) is 0 Å². The van der Waals surface area contributed by atoms with Crippen molar-refractivity contribution in [3.8, 4) is 28.8 Å². The van der Waals surface area contributed by atoms with Crippen LogP contribution in [0.25, 0.3) is 11.5 Å². The summed E-state index contributed by atoms with van der Waals surface area (Å²) in [4.78, 5) is 21.6. The molecule has 0 spiro atoms.